The molecule has 0 bridgehead atoms. The fourth-order valence-corrected chi connectivity index (χ4v) is 2.02. The van der Waals surface area contributed by atoms with Crippen molar-refractivity contribution in [3.05, 3.63) is 71.3 Å². The summed E-state index contributed by atoms with van der Waals surface area (Å²) in [7, 11) is 0. The molecule has 0 aromatic heterocycles. The lowest BCUT2D eigenvalue weighted by molar-refractivity contribution is 0.0917. The summed E-state index contributed by atoms with van der Waals surface area (Å²) in [5, 5.41) is 0. The molecule has 0 N–H and O–H groups in total. The molecule has 2 aromatic carbocycles. The van der Waals surface area contributed by atoms with Crippen LogP contribution >= 0.6 is 0 Å². The second kappa shape index (κ2) is 6.10. The highest BCUT2D eigenvalue weighted by Crippen LogP contribution is 2.13. The van der Waals surface area contributed by atoms with Gasteiger partial charge < -0.3 is 0 Å². The lowest BCUT2D eigenvalue weighted by atomic mass is 9.99. The number of benzene rings is 2. The van der Waals surface area contributed by atoms with E-state index in [1.807, 2.05) is 49.4 Å². The fourth-order valence-electron chi connectivity index (χ4n) is 2.02. The first-order valence-corrected chi connectivity index (χ1v) is 6.35. The monoisotopic (exact) mass is 252 g/mol. The highest BCUT2D eigenvalue weighted by molar-refractivity contribution is 6.02. The summed E-state index contributed by atoms with van der Waals surface area (Å²) in [6, 6.07) is 16.6. The van der Waals surface area contributed by atoms with Crippen LogP contribution in [0.2, 0.25) is 0 Å². The first-order chi connectivity index (χ1) is 9.18. The van der Waals surface area contributed by atoms with E-state index in [0.29, 0.717) is 11.1 Å². The predicted molar refractivity (Wildman–Crippen MR) is 75.5 cm³/mol. The van der Waals surface area contributed by atoms with Crippen molar-refractivity contribution in [2.24, 2.45) is 0 Å². The van der Waals surface area contributed by atoms with Crippen LogP contribution in [0, 0.1) is 6.92 Å². The van der Waals surface area contributed by atoms with E-state index in [4.69, 9.17) is 0 Å². The van der Waals surface area contributed by atoms with Crippen molar-refractivity contribution in [1.82, 2.24) is 0 Å². The number of Topliss-reactive ketones (excluding diaryl/α,β-unsaturated/α-hetero) is 2. The molecule has 0 radical (unpaired) electrons. The Kier molecular flexibility index (Phi) is 4.24. The SMILES string of the molecule is Cc1ccccc1C(=O)CCC(=O)c1ccccc1. The van der Waals surface area contributed by atoms with Crippen LogP contribution in [0.25, 0.3) is 0 Å². The number of rotatable bonds is 5. The third-order valence-electron chi connectivity index (χ3n) is 3.12. The van der Waals surface area contributed by atoms with Crippen LogP contribution in [-0.2, 0) is 0 Å². The van der Waals surface area contributed by atoms with Crippen molar-refractivity contribution < 1.29 is 9.59 Å². The molecule has 0 amide bonds. The average molecular weight is 252 g/mol. The van der Waals surface area contributed by atoms with Gasteiger partial charge in [0, 0.05) is 24.0 Å². The molecule has 0 saturated heterocycles. The van der Waals surface area contributed by atoms with Crippen LogP contribution in [0.15, 0.2) is 54.6 Å². The molecule has 0 atom stereocenters. The number of hydrogen-bond acceptors (Lipinski definition) is 2. The minimum atomic E-state index is 0.0162. The molecule has 0 spiro atoms. The summed E-state index contributed by atoms with van der Waals surface area (Å²) in [6.07, 6.45) is 0.524. The normalized spacial score (nSPS) is 10.2. The zero-order valence-electron chi connectivity index (χ0n) is 10.9. The number of ketones is 2. The van der Waals surface area contributed by atoms with E-state index in [0.717, 1.165) is 5.56 Å². The number of carbonyl (C=O) groups excluding carboxylic acids is 2. The summed E-state index contributed by atoms with van der Waals surface area (Å²) in [5.74, 6) is 0.0462. The maximum absolute atomic E-state index is 12.0. The first kappa shape index (κ1) is 13.2. The van der Waals surface area contributed by atoms with Crippen molar-refractivity contribution in [2.45, 2.75) is 19.8 Å². The lowest BCUT2D eigenvalue weighted by Gasteiger charge is -2.04. The third kappa shape index (κ3) is 3.38. The van der Waals surface area contributed by atoms with Crippen molar-refractivity contribution in [2.75, 3.05) is 0 Å². The Bertz CT molecular complexity index is 585. The van der Waals surface area contributed by atoms with Crippen molar-refractivity contribution in [1.29, 1.82) is 0 Å². The van der Waals surface area contributed by atoms with Crippen LogP contribution < -0.4 is 0 Å². The van der Waals surface area contributed by atoms with Crippen LogP contribution in [0.3, 0.4) is 0 Å². The minimum Gasteiger partial charge on any atom is -0.294 e. The molecule has 0 saturated carbocycles. The Hall–Kier alpha value is -2.22. The van der Waals surface area contributed by atoms with E-state index in [1.165, 1.54) is 0 Å². The maximum Gasteiger partial charge on any atom is 0.163 e. The maximum atomic E-state index is 12.0. The molecular weight excluding hydrogens is 236 g/mol. The molecule has 2 aromatic rings. The summed E-state index contributed by atoms with van der Waals surface area (Å²) < 4.78 is 0. The molecule has 96 valence electrons. The Morgan fingerprint density at radius 2 is 1.37 bits per heavy atom. The zero-order valence-corrected chi connectivity index (χ0v) is 10.9. The van der Waals surface area contributed by atoms with Gasteiger partial charge in [0.2, 0.25) is 0 Å². The predicted octanol–water partition coefficient (Wildman–Crippen LogP) is 3.84. The smallest absolute Gasteiger partial charge is 0.163 e. The van der Waals surface area contributed by atoms with E-state index in [2.05, 4.69) is 0 Å². The van der Waals surface area contributed by atoms with Gasteiger partial charge in [0.15, 0.2) is 11.6 Å². The Balaban J connectivity index is 1.98. The number of hydrogen-bond donors (Lipinski definition) is 0. The number of carbonyl (C=O) groups is 2. The fraction of sp³-hybridized carbons (Fsp3) is 0.176. The highest BCUT2D eigenvalue weighted by atomic mass is 16.1. The second-order valence-corrected chi connectivity index (χ2v) is 4.53. The van der Waals surface area contributed by atoms with Gasteiger partial charge in [-0.05, 0) is 12.5 Å². The lowest BCUT2D eigenvalue weighted by Crippen LogP contribution is -2.06. The molecule has 0 aliphatic heterocycles. The molecule has 0 heterocycles. The average Bonchev–Trinajstić information content (AvgIpc) is 2.46. The molecular formula is C17H16O2. The first-order valence-electron chi connectivity index (χ1n) is 6.35. The van der Waals surface area contributed by atoms with Crippen LogP contribution in [0.1, 0.15) is 39.1 Å². The van der Waals surface area contributed by atoms with E-state index in [1.54, 1.807) is 12.1 Å². The van der Waals surface area contributed by atoms with Gasteiger partial charge in [-0.25, -0.2) is 0 Å². The van der Waals surface area contributed by atoms with Crippen LogP contribution in [-0.4, -0.2) is 11.6 Å². The summed E-state index contributed by atoms with van der Waals surface area (Å²) in [4.78, 5) is 24.0. The molecule has 0 fully saturated rings. The zero-order chi connectivity index (χ0) is 13.7. The van der Waals surface area contributed by atoms with Crippen molar-refractivity contribution >= 4 is 11.6 Å². The Morgan fingerprint density at radius 1 is 0.789 bits per heavy atom. The quantitative estimate of drug-likeness (QED) is 0.758. The van der Waals surface area contributed by atoms with E-state index < -0.39 is 0 Å². The van der Waals surface area contributed by atoms with E-state index >= 15 is 0 Å². The Labute approximate surface area is 113 Å². The van der Waals surface area contributed by atoms with Gasteiger partial charge in [-0.15, -0.1) is 0 Å². The second-order valence-electron chi connectivity index (χ2n) is 4.53. The van der Waals surface area contributed by atoms with Gasteiger partial charge in [-0.1, -0.05) is 54.6 Å². The standard InChI is InChI=1S/C17H16O2/c1-13-7-5-6-10-15(13)17(19)12-11-16(18)14-8-3-2-4-9-14/h2-10H,11-12H2,1H3. The van der Waals surface area contributed by atoms with Crippen molar-refractivity contribution in [3.8, 4) is 0 Å². The molecule has 0 aliphatic rings. The molecule has 0 unspecified atom stereocenters. The van der Waals surface area contributed by atoms with Gasteiger partial charge >= 0.3 is 0 Å². The van der Waals surface area contributed by atoms with Gasteiger partial charge in [-0.2, -0.15) is 0 Å². The van der Waals surface area contributed by atoms with Gasteiger partial charge in [0.25, 0.3) is 0 Å². The Morgan fingerprint density at radius 3 is 2.05 bits per heavy atom. The van der Waals surface area contributed by atoms with E-state index in [-0.39, 0.29) is 24.4 Å². The van der Waals surface area contributed by atoms with Gasteiger partial charge in [0.05, 0.1) is 0 Å². The van der Waals surface area contributed by atoms with Gasteiger partial charge in [0.1, 0.15) is 0 Å². The topological polar surface area (TPSA) is 34.1 Å². The van der Waals surface area contributed by atoms with Crippen molar-refractivity contribution in [3.63, 3.8) is 0 Å². The largest absolute Gasteiger partial charge is 0.294 e. The van der Waals surface area contributed by atoms with E-state index in [9.17, 15) is 9.59 Å². The highest BCUT2D eigenvalue weighted by Gasteiger charge is 2.12. The molecule has 19 heavy (non-hydrogen) atoms. The number of aryl methyl sites for hydroxylation is 1. The molecule has 2 heteroatoms. The van der Waals surface area contributed by atoms with Crippen LogP contribution in [0.5, 0.6) is 0 Å². The summed E-state index contributed by atoms with van der Waals surface area (Å²) in [6.45, 7) is 1.91. The molecule has 0 aliphatic carbocycles. The summed E-state index contributed by atoms with van der Waals surface area (Å²) >= 11 is 0. The van der Waals surface area contributed by atoms with Gasteiger partial charge in [-0.3, -0.25) is 9.59 Å². The minimum absolute atomic E-state index is 0.0162. The molecule has 2 nitrogen and oxygen atoms in total. The third-order valence-corrected chi connectivity index (χ3v) is 3.12. The molecule has 2 rings (SSSR count). The van der Waals surface area contributed by atoms with Crippen LogP contribution in [0.4, 0.5) is 0 Å². The summed E-state index contributed by atoms with van der Waals surface area (Å²) in [5.41, 5.74) is 2.34.